The number of Topliss-reactive ketones (excluding diaryl/α,β-unsaturated/α-hetero) is 1. The molecule has 1 aliphatic heterocycles. The van der Waals surface area contributed by atoms with Crippen molar-refractivity contribution in [1.29, 1.82) is 0 Å². The lowest BCUT2D eigenvalue weighted by Crippen LogP contribution is -2.35. The summed E-state index contributed by atoms with van der Waals surface area (Å²) in [5, 5.41) is 3.37. The molecule has 0 aromatic heterocycles. The van der Waals surface area contributed by atoms with E-state index in [2.05, 4.69) is 11.9 Å². The van der Waals surface area contributed by atoms with Gasteiger partial charge in [-0.3, -0.25) is 4.79 Å². The maximum Gasteiger partial charge on any atom is 0.149 e. The highest BCUT2D eigenvalue weighted by Crippen LogP contribution is 2.12. The lowest BCUT2D eigenvalue weighted by atomic mass is 10.0. The van der Waals surface area contributed by atoms with Gasteiger partial charge in [0.15, 0.2) is 0 Å². The van der Waals surface area contributed by atoms with Gasteiger partial charge in [-0.15, -0.1) is 6.58 Å². The molecule has 0 aromatic rings. The van der Waals surface area contributed by atoms with Gasteiger partial charge in [0, 0.05) is 6.42 Å². The Labute approximate surface area is 99.5 Å². The number of carbonyl (C=O) groups is 1. The van der Waals surface area contributed by atoms with Crippen LogP contribution in [0.15, 0.2) is 12.7 Å². The van der Waals surface area contributed by atoms with Crippen LogP contribution in [0.25, 0.3) is 0 Å². The normalized spacial score (nSPS) is 21.4. The Morgan fingerprint density at radius 2 is 2.12 bits per heavy atom. The fourth-order valence-corrected chi connectivity index (χ4v) is 2.24. The largest absolute Gasteiger partial charge is 0.307 e. The van der Waals surface area contributed by atoms with Crippen molar-refractivity contribution >= 4 is 5.78 Å². The van der Waals surface area contributed by atoms with E-state index in [1.165, 1.54) is 25.7 Å². The SMILES string of the molecule is C=CCCCCCC(=O)C1CCCCCN1. The summed E-state index contributed by atoms with van der Waals surface area (Å²) in [6.45, 7) is 4.72. The third-order valence-electron chi connectivity index (χ3n) is 3.28. The number of hydrogen-bond donors (Lipinski definition) is 1. The van der Waals surface area contributed by atoms with Crippen LogP contribution in [0.3, 0.4) is 0 Å². The predicted octanol–water partition coefficient (Wildman–Crippen LogP) is 3.22. The number of ketones is 1. The molecule has 1 N–H and O–H groups in total. The molecule has 1 saturated heterocycles. The number of carbonyl (C=O) groups excluding carboxylic acids is 1. The molecule has 0 aromatic carbocycles. The molecule has 0 bridgehead atoms. The van der Waals surface area contributed by atoms with Crippen LogP contribution in [0.2, 0.25) is 0 Å². The Kier molecular flexibility index (Phi) is 7.15. The summed E-state index contributed by atoms with van der Waals surface area (Å²) in [4.78, 5) is 11.9. The molecule has 0 radical (unpaired) electrons. The van der Waals surface area contributed by atoms with Gasteiger partial charge in [0.2, 0.25) is 0 Å². The lowest BCUT2D eigenvalue weighted by Gasteiger charge is -2.13. The van der Waals surface area contributed by atoms with Crippen molar-refractivity contribution < 1.29 is 4.79 Å². The molecule has 1 rings (SSSR count). The van der Waals surface area contributed by atoms with E-state index in [9.17, 15) is 4.79 Å². The zero-order valence-electron chi connectivity index (χ0n) is 10.3. The van der Waals surface area contributed by atoms with E-state index in [1.54, 1.807) is 0 Å². The van der Waals surface area contributed by atoms with Crippen molar-refractivity contribution in [1.82, 2.24) is 5.32 Å². The van der Waals surface area contributed by atoms with Crippen LogP contribution in [-0.4, -0.2) is 18.4 Å². The Bertz CT molecular complexity index is 205. The van der Waals surface area contributed by atoms with Crippen molar-refractivity contribution in [2.24, 2.45) is 0 Å². The van der Waals surface area contributed by atoms with Crippen molar-refractivity contribution in [3.63, 3.8) is 0 Å². The second-order valence-corrected chi connectivity index (χ2v) is 4.71. The van der Waals surface area contributed by atoms with Crippen LogP contribution >= 0.6 is 0 Å². The molecule has 16 heavy (non-hydrogen) atoms. The number of nitrogens with one attached hydrogen (secondary N) is 1. The fraction of sp³-hybridized carbons (Fsp3) is 0.786. The first-order chi connectivity index (χ1) is 7.84. The van der Waals surface area contributed by atoms with E-state index >= 15 is 0 Å². The van der Waals surface area contributed by atoms with Gasteiger partial charge in [-0.2, -0.15) is 0 Å². The maximum absolute atomic E-state index is 11.9. The molecule has 1 atom stereocenters. The van der Waals surface area contributed by atoms with Crippen molar-refractivity contribution in [2.75, 3.05) is 6.54 Å². The molecule has 1 fully saturated rings. The predicted molar refractivity (Wildman–Crippen MR) is 68.5 cm³/mol. The van der Waals surface area contributed by atoms with E-state index in [4.69, 9.17) is 0 Å². The molecule has 0 aliphatic carbocycles. The Morgan fingerprint density at radius 1 is 1.25 bits per heavy atom. The third-order valence-corrected chi connectivity index (χ3v) is 3.28. The minimum absolute atomic E-state index is 0.155. The second-order valence-electron chi connectivity index (χ2n) is 4.71. The second kappa shape index (κ2) is 8.51. The van der Waals surface area contributed by atoms with Crippen LogP contribution in [0, 0.1) is 0 Å². The summed E-state index contributed by atoms with van der Waals surface area (Å²) in [6, 6.07) is 0.155. The number of hydrogen-bond acceptors (Lipinski definition) is 2. The van der Waals surface area contributed by atoms with Gasteiger partial charge in [-0.25, -0.2) is 0 Å². The molecule has 0 spiro atoms. The highest BCUT2D eigenvalue weighted by atomic mass is 16.1. The summed E-state index contributed by atoms with van der Waals surface area (Å²) in [6.07, 6.45) is 11.9. The highest BCUT2D eigenvalue weighted by molar-refractivity contribution is 5.83. The summed E-state index contributed by atoms with van der Waals surface area (Å²) < 4.78 is 0. The van der Waals surface area contributed by atoms with E-state index in [1.807, 2.05) is 6.08 Å². The van der Waals surface area contributed by atoms with Crippen LogP contribution < -0.4 is 5.32 Å². The van der Waals surface area contributed by atoms with Crippen molar-refractivity contribution in [2.45, 2.75) is 63.8 Å². The number of rotatable bonds is 7. The smallest absolute Gasteiger partial charge is 0.149 e. The summed E-state index contributed by atoms with van der Waals surface area (Å²) in [7, 11) is 0. The quantitative estimate of drug-likeness (QED) is 0.530. The first-order valence-electron chi connectivity index (χ1n) is 6.71. The highest BCUT2D eigenvalue weighted by Gasteiger charge is 2.18. The molecule has 2 nitrogen and oxygen atoms in total. The van der Waals surface area contributed by atoms with Gasteiger partial charge in [0.05, 0.1) is 6.04 Å². The summed E-state index contributed by atoms with van der Waals surface area (Å²) in [5.74, 6) is 0.431. The molecule has 1 aliphatic rings. The zero-order chi connectivity index (χ0) is 11.6. The van der Waals surface area contributed by atoms with Crippen LogP contribution in [-0.2, 0) is 4.79 Å². The minimum Gasteiger partial charge on any atom is -0.307 e. The Morgan fingerprint density at radius 3 is 2.94 bits per heavy atom. The zero-order valence-corrected chi connectivity index (χ0v) is 10.3. The third kappa shape index (κ3) is 5.45. The minimum atomic E-state index is 0.155. The number of unbranched alkanes of at least 4 members (excludes halogenated alkanes) is 3. The average molecular weight is 223 g/mol. The molecule has 0 saturated carbocycles. The summed E-state index contributed by atoms with van der Waals surface area (Å²) >= 11 is 0. The Hall–Kier alpha value is -0.630. The van der Waals surface area contributed by atoms with E-state index in [-0.39, 0.29) is 6.04 Å². The first kappa shape index (κ1) is 13.4. The lowest BCUT2D eigenvalue weighted by molar-refractivity contribution is -0.121. The summed E-state index contributed by atoms with van der Waals surface area (Å²) in [5.41, 5.74) is 0. The Balaban J connectivity index is 2.10. The van der Waals surface area contributed by atoms with Gasteiger partial charge in [0.25, 0.3) is 0 Å². The average Bonchev–Trinajstić information content (AvgIpc) is 2.57. The monoisotopic (exact) mass is 223 g/mol. The van der Waals surface area contributed by atoms with Gasteiger partial charge in [-0.05, 0) is 38.6 Å². The standard InChI is InChI=1S/C14H25NO/c1-2-3-4-5-8-11-14(16)13-10-7-6-9-12-15-13/h2,13,15H,1,3-12H2. The molecule has 1 unspecified atom stereocenters. The molecule has 1 heterocycles. The van der Waals surface area contributed by atoms with Crippen molar-refractivity contribution in [3.8, 4) is 0 Å². The van der Waals surface area contributed by atoms with Gasteiger partial charge < -0.3 is 5.32 Å². The molecule has 2 heteroatoms. The van der Waals surface area contributed by atoms with E-state index in [0.29, 0.717) is 5.78 Å². The topological polar surface area (TPSA) is 29.1 Å². The molecular weight excluding hydrogens is 198 g/mol. The molecular formula is C14H25NO. The molecule has 92 valence electrons. The number of allylic oxidation sites excluding steroid dienone is 1. The van der Waals surface area contributed by atoms with E-state index in [0.717, 1.165) is 38.6 Å². The van der Waals surface area contributed by atoms with Gasteiger partial charge in [0.1, 0.15) is 5.78 Å². The van der Waals surface area contributed by atoms with Crippen LogP contribution in [0.5, 0.6) is 0 Å². The molecule has 0 amide bonds. The van der Waals surface area contributed by atoms with Crippen LogP contribution in [0.1, 0.15) is 57.8 Å². The van der Waals surface area contributed by atoms with Crippen LogP contribution in [0.4, 0.5) is 0 Å². The van der Waals surface area contributed by atoms with E-state index < -0.39 is 0 Å². The van der Waals surface area contributed by atoms with Gasteiger partial charge >= 0.3 is 0 Å². The first-order valence-corrected chi connectivity index (χ1v) is 6.71. The maximum atomic E-state index is 11.9. The van der Waals surface area contributed by atoms with Crippen molar-refractivity contribution in [3.05, 3.63) is 12.7 Å². The fourth-order valence-electron chi connectivity index (χ4n) is 2.24. The van der Waals surface area contributed by atoms with Gasteiger partial charge in [-0.1, -0.05) is 25.3 Å².